The molecule has 0 atom stereocenters. The maximum atomic E-state index is 12.3. The van der Waals surface area contributed by atoms with Crippen molar-refractivity contribution in [2.45, 2.75) is 26.2 Å². The van der Waals surface area contributed by atoms with Crippen molar-refractivity contribution in [3.8, 4) is 0 Å². The molecule has 2 aromatic carbocycles. The number of hydrogen-bond acceptors (Lipinski definition) is 4. The number of hydrogen-bond donors (Lipinski definition) is 2. The van der Waals surface area contributed by atoms with Crippen LogP contribution in [-0.2, 0) is 10.2 Å². The SMILES string of the molecule is COC(=O)c1cccc(NC(=S)NC(=O)c2ccc(C(C)(C)C)cc2)c1. The first-order chi connectivity index (χ1) is 12.2. The third kappa shape index (κ3) is 5.13. The van der Waals surface area contributed by atoms with E-state index in [4.69, 9.17) is 12.2 Å². The summed E-state index contributed by atoms with van der Waals surface area (Å²) in [4.78, 5) is 23.9. The molecule has 0 aliphatic rings. The summed E-state index contributed by atoms with van der Waals surface area (Å²) in [7, 11) is 1.32. The summed E-state index contributed by atoms with van der Waals surface area (Å²) in [6.07, 6.45) is 0. The highest BCUT2D eigenvalue weighted by atomic mass is 32.1. The average molecular weight is 370 g/mol. The molecule has 0 heterocycles. The molecule has 136 valence electrons. The molecule has 0 aromatic heterocycles. The van der Waals surface area contributed by atoms with Crippen molar-refractivity contribution in [3.05, 3.63) is 65.2 Å². The predicted molar refractivity (Wildman–Crippen MR) is 107 cm³/mol. The standard InChI is InChI=1S/C20H22N2O3S/c1-20(2,3)15-10-8-13(9-11-15)17(23)22-19(26)21-16-7-5-6-14(12-16)18(24)25-4/h5-12H,1-4H3,(H2,21,22,23,26). The van der Waals surface area contributed by atoms with Crippen LogP contribution >= 0.6 is 12.2 Å². The Balaban J connectivity index is 2.01. The smallest absolute Gasteiger partial charge is 0.337 e. The van der Waals surface area contributed by atoms with E-state index in [0.29, 0.717) is 16.8 Å². The van der Waals surface area contributed by atoms with Crippen LogP contribution in [0.2, 0.25) is 0 Å². The van der Waals surface area contributed by atoms with E-state index in [1.54, 1.807) is 36.4 Å². The Morgan fingerprint density at radius 1 is 1.00 bits per heavy atom. The average Bonchev–Trinajstić information content (AvgIpc) is 2.60. The quantitative estimate of drug-likeness (QED) is 0.634. The number of esters is 1. The zero-order chi connectivity index (χ0) is 19.3. The Bertz CT molecular complexity index is 824. The van der Waals surface area contributed by atoms with Crippen LogP contribution in [0.25, 0.3) is 0 Å². The van der Waals surface area contributed by atoms with Gasteiger partial charge < -0.3 is 10.1 Å². The summed E-state index contributed by atoms with van der Waals surface area (Å²) in [6.45, 7) is 6.34. The van der Waals surface area contributed by atoms with E-state index < -0.39 is 5.97 Å². The van der Waals surface area contributed by atoms with Gasteiger partial charge in [0, 0.05) is 11.3 Å². The fraction of sp³-hybridized carbons (Fsp3) is 0.250. The summed E-state index contributed by atoms with van der Waals surface area (Å²) in [5, 5.41) is 5.67. The number of thiocarbonyl (C=S) groups is 1. The van der Waals surface area contributed by atoms with Gasteiger partial charge in [0.05, 0.1) is 12.7 Å². The topological polar surface area (TPSA) is 67.4 Å². The van der Waals surface area contributed by atoms with Gasteiger partial charge >= 0.3 is 5.97 Å². The molecule has 0 saturated heterocycles. The van der Waals surface area contributed by atoms with Crippen molar-refractivity contribution in [2.75, 3.05) is 12.4 Å². The molecule has 2 aromatic rings. The third-order valence-corrected chi connectivity index (χ3v) is 3.99. The largest absolute Gasteiger partial charge is 0.465 e. The summed E-state index contributed by atoms with van der Waals surface area (Å²) in [6, 6.07) is 14.1. The first-order valence-corrected chi connectivity index (χ1v) is 8.53. The Kier molecular flexibility index (Phi) is 6.10. The van der Waals surface area contributed by atoms with Crippen molar-refractivity contribution in [2.24, 2.45) is 0 Å². The van der Waals surface area contributed by atoms with E-state index in [2.05, 4.69) is 36.1 Å². The van der Waals surface area contributed by atoms with Crippen LogP contribution in [0, 0.1) is 0 Å². The molecule has 2 rings (SSSR count). The number of methoxy groups -OCH3 is 1. The van der Waals surface area contributed by atoms with Crippen LogP contribution in [0.15, 0.2) is 48.5 Å². The van der Waals surface area contributed by atoms with Gasteiger partial charge in [-0.05, 0) is 53.5 Å². The Hall–Kier alpha value is -2.73. The second kappa shape index (κ2) is 8.10. The molecule has 0 spiro atoms. The Morgan fingerprint density at radius 2 is 1.65 bits per heavy atom. The van der Waals surface area contributed by atoms with Gasteiger partial charge in [0.25, 0.3) is 5.91 Å². The first kappa shape index (κ1) is 19.6. The fourth-order valence-corrected chi connectivity index (χ4v) is 2.51. The molecule has 26 heavy (non-hydrogen) atoms. The lowest BCUT2D eigenvalue weighted by Crippen LogP contribution is -2.34. The fourth-order valence-electron chi connectivity index (χ4n) is 2.30. The first-order valence-electron chi connectivity index (χ1n) is 8.12. The minimum atomic E-state index is -0.442. The summed E-state index contributed by atoms with van der Waals surface area (Å²) in [5.41, 5.74) is 2.67. The maximum Gasteiger partial charge on any atom is 0.337 e. The van der Waals surface area contributed by atoms with E-state index in [0.717, 1.165) is 5.56 Å². The van der Waals surface area contributed by atoms with Gasteiger partial charge in [-0.15, -0.1) is 0 Å². The molecule has 2 N–H and O–H groups in total. The minimum absolute atomic E-state index is 0.0243. The van der Waals surface area contributed by atoms with Crippen LogP contribution < -0.4 is 10.6 Å². The highest BCUT2D eigenvalue weighted by Gasteiger charge is 2.15. The number of rotatable bonds is 3. The van der Waals surface area contributed by atoms with Crippen molar-refractivity contribution in [1.29, 1.82) is 0 Å². The van der Waals surface area contributed by atoms with E-state index >= 15 is 0 Å². The molecule has 0 radical (unpaired) electrons. The van der Waals surface area contributed by atoms with Gasteiger partial charge in [0.15, 0.2) is 5.11 Å². The Morgan fingerprint density at radius 3 is 2.23 bits per heavy atom. The third-order valence-electron chi connectivity index (χ3n) is 3.78. The second-order valence-corrected chi connectivity index (χ2v) is 7.22. The van der Waals surface area contributed by atoms with Crippen LogP contribution in [0.5, 0.6) is 0 Å². The van der Waals surface area contributed by atoms with Gasteiger partial charge in [-0.3, -0.25) is 10.1 Å². The van der Waals surface area contributed by atoms with Crippen LogP contribution in [0.4, 0.5) is 5.69 Å². The highest BCUT2D eigenvalue weighted by molar-refractivity contribution is 7.80. The number of carbonyl (C=O) groups is 2. The normalized spacial score (nSPS) is 10.8. The molecule has 0 aliphatic heterocycles. The number of anilines is 1. The van der Waals surface area contributed by atoms with Crippen molar-refractivity contribution >= 4 is 34.9 Å². The lowest BCUT2D eigenvalue weighted by atomic mass is 9.87. The molecule has 0 saturated carbocycles. The number of carbonyl (C=O) groups excluding carboxylic acids is 2. The second-order valence-electron chi connectivity index (χ2n) is 6.81. The molecule has 5 nitrogen and oxygen atoms in total. The lowest BCUT2D eigenvalue weighted by molar-refractivity contribution is 0.0600. The van der Waals surface area contributed by atoms with E-state index in [-0.39, 0.29) is 16.4 Å². The predicted octanol–water partition coefficient (Wildman–Crippen LogP) is 3.90. The van der Waals surface area contributed by atoms with E-state index in [1.807, 2.05) is 12.1 Å². The van der Waals surface area contributed by atoms with Gasteiger partial charge in [0.1, 0.15) is 0 Å². The maximum absolute atomic E-state index is 12.3. The van der Waals surface area contributed by atoms with Gasteiger partial charge in [0.2, 0.25) is 0 Å². The summed E-state index contributed by atoms with van der Waals surface area (Å²) >= 11 is 5.18. The molecular formula is C20H22N2O3S. The minimum Gasteiger partial charge on any atom is -0.465 e. The molecule has 0 unspecified atom stereocenters. The Labute approximate surface area is 158 Å². The summed E-state index contributed by atoms with van der Waals surface area (Å²) < 4.78 is 4.68. The number of ether oxygens (including phenoxy) is 1. The van der Waals surface area contributed by atoms with E-state index in [9.17, 15) is 9.59 Å². The van der Waals surface area contributed by atoms with E-state index in [1.165, 1.54) is 7.11 Å². The van der Waals surface area contributed by atoms with Crippen molar-refractivity contribution in [3.63, 3.8) is 0 Å². The lowest BCUT2D eigenvalue weighted by Gasteiger charge is -2.19. The molecule has 1 amide bonds. The van der Waals surface area contributed by atoms with Gasteiger partial charge in [-0.1, -0.05) is 39.0 Å². The highest BCUT2D eigenvalue weighted by Crippen LogP contribution is 2.22. The molecular weight excluding hydrogens is 348 g/mol. The van der Waals surface area contributed by atoms with Crippen molar-refractivity contribution in [1.82, 2.24) is 5.32 Å². The summed E-state index contributed by atoms with van der Waals surface area (Å²) in [5.74, 6) is -0.741. The van der Waals surface area contributed by atoms with Gasteiger partial charge in [-0.25, -0.2) is 4.79 Å². The van der Waals surface area contributed by atoms with Gasteiger partial charge in [-0.2, -0.15) is 0 Å². The van der Waals surface area contributed by atoms with Crippen molar-refractivity contribution < 1.29 is 14.3 Å². The van der Waals surface area contributed by atoms with Crippen LogP contribution in [-0.4, -0.2) is 24.1 Å². The number of benzene rings is 2. The zero-order valence-electron chi connectivity index (χ0n) is 15.3. The number of amides is 1. The zero-order valence-corrected chi connectivity index (χ0v) is 16.1. The molecule has 0 fully saturated rings. The molecule has 0 aliphatic carbocycles. The van der Waals surface area contributed by atoms with Crippen LogP contribution in [0.3, 0.4) is 0 Å². The molecule has 0 bridgehead atoms. The van der Waals surface area contributed by atoms with Crippen LogP contribution in [0.1, 0.15) is 47.1 Å². The molecule has 6 heteroatoms. The monoisotopic (exact) mass is 370 g/mol. The number of nitrogens with one attached hydrogen (secondary N) is 2.